The number of aromatic nitrogens is 2. The lowest BCUT2D eigenvalue weighted by molar-refractivity contribution is 0.118. The maximum Gasteiger partial charge on any atom is 0.0814 e. The maximum atomic E-state index is 9.76. The lowest BCUT2D eigenvalue weighted by Gasteiger charge is -2.35. The van der Waals surface area contributed by atoms with Gasteiger partial charge in [-0.05, 0) is 38.6 Å². The third kappa shape index (κ3) is 3.12. The Hall–Kier alpha value is -0.580. The molecule has 108 valence electrons. The van der Waals surface area contributed by atoms with Gasteiger partial charge in [-0.2, -0.15) is 5.10 Å². The molecule has 5 heteroatoms. The molecule has 1 aromatic rings. The van der Waals surface area contributed by atoms with Crippen LogP contribution >= 0.6 is 11.6 Å². The molecule has 0 amide bonds. The van der Waals surface area contributed by atoms with Gasteiger partial charge in [0.2, 0.25) is 0 Å². The van der Waals surface area contributed by atoms with Crippen molar-refractivity contribution in [2.45, 2.75) is 51.6 Å². The summed E-state index contributed by atoms with van der Waals surface area (Å²) in [6, 6.07) is 0. The van der Waals surface area contributed by atoms with Gasteiger partial charge in [-0.3, -0.25) is 4.68 Å². The van der Waals surface area contributed by atoms with Crippen molar-refractivity contribution in [2.24, 2.45) is 5.92 Å². The van der Waals surface area contributed by atoms with Crippen LogP contribution in [0.4, 0.5) is 0 Å². The minimum atomic E-state index is -0.0826. The Morgan fingerprint density at radius 3 is 3.00 bits per heavy atom. The van der Waals surface area contributed by atoms with Gasteiger partial charge in [0.25, 0.3) is 0 Å². The quantitative estimate of drug-likeness (QED) is 0.844. The van der Waals surface area contributed by atoms with Gasteiger partial charge in [0.05, 0.1) is 17.3 Å². The second-order valence-corrected chi connectivity index (χ2v) is 5.96. The number of hydrogen-bond acceptors (Lipinski definition) is 3. The first-order chi connectivity index (χ1) is 9.11. The monoisotopic (exact) mass is 285 g/mol. The van der Waals surface area contributed by atoms with Crippen LogP contribution in [0.5, 0.6) is 0 Å². The highest BCUT2D eigenvalue weighted by Gasteiger charge is 2.41. The van der Waals surface area contributed by atoms with Gasteiger partial charge in [0.15, 0.2) is 0 Å². The van der Waals surface area contributed by atoms with E-state index in [-0.39, 0.29) is 12.1 Å². The molecule has 1 aliphatic carbocycles. The summed E-state index contributed by atoms with van der Waals surface area (Å²) in [4.78, 5) is 0. The van der Waals surface area contributed by atoms with E-state index in [1.165, 1.54) is 12.8 Å². The van der Waals surface area contributed by atoms with Crippen molar-refractivity contribution >= 4 is 11.6 Å². The summed E-state index contributed by atoms with van der Waals surface area (Å²) >= 11 is 6.02. The summed E-state index contributed by atoms with van der Waals surface area (Å²) in [5, 5.41) is 18.4. The number of nitrogens with one attached hydrogen (secondary N) is 1. The fourth-order valence-electron chi connectivity index (χ4n) is 3.31. The minimum absolute atomic E-state index is 0.0826. The number of hydrogen-bond donors (Lipinski definition) is 2. The van der Waals surface area contributed by atoms with Crippen LogP contribution in [-0.4, -0.2) is 33.6 Å². The Kier molecular flexibility index (Phi) is 4.87. The van der Waals surface area contributed by atoms with Gasteiger partial charge >= 0.3 is 0 Å². The summed E-state index contributed by atoms with van der Waals surface area (Å²) in [5.74, 6) is 0.515. The number of nitrogens with zero attached hydrogens (tertiary/aromatic N) is 2. The molecule has 0 bridgehead atoms. The zero-order valence-electron chi connectivity index (χ0n) is 11.8. The van der Waals surface area contributed by atoms with E-state index in [4.69, 9.17) is 11.6 Å². The van der Waals surface area contributed by atoms with E-state index in [1.807, 2.05) is 17.8 Å². The van der Waals surface area contributed by atoms with Crippen molar-refractivity contribution in [3.8, 4) is 0 Å². The van der Waals surface area contributed by atoms with Crippen LogP contribution < -0.4 is 5.32 Å². The van der Waals surface area contributed by atoms with Crippen molar-refractivity contribution in [1.29, 1.82) is 0 Å². The summed E-state index contributed by atoms with van der Waals surface area (Å²) in [6.45, 7) is 6.02. The standard InChI is InChI=1S/C14H24ClN3O/c1-3-16-14(10-19)7-4-5-12(14)6-8-18-9-13(15)11(2)17-18/h9,12,16,19H,3-8,10H2,1-2H3. The number of likely N-dealkylation sites (N-methyl/N-ethyl adjacent to an activating group) is 1. The predicted octanol–water partition coefficient (Wildman–Crippen LogP) is 2.38. The van der Waals surface area contributed by atoms with Crippen LogP contribution in [0, 0.1) is 12.8 Å². The zero-order valence-corrected chi connectivity index (χ0v) is 12.6. The van der Waals surface area contributed by atoms with E-state index in [9.17, 15) is 5.11 Å². The van der Waals surface area contributed by atoms with E-state index in [0.717, 1.165) is 36.6 Å². The third-order valence-electron chi connectivity index (χ3n) is 4.36. The molecule has 19 heavy (non-hydrogen) atoms. The molecule has 1 heterocycles. The van der Waals surface area contributed by atoms with E-state index in [0.29, 0.717) is 5.92 Å². The summed E-state index contributed by atoms with van der Waals surface area (Å²) in [7, 11) is 0. The predicted molar refractivity (Wildman–Crippen MR) is 77.4 cm³/mol. The molecule has 0 aromatic carbocycles. The molecule has 0 spiro atoms. The Morgan fingerprint density at radius 2 is 2.42 bits per heavy atom. The molecule has 4 nitrogen and oxygen atoms in total. The largest absolute Gasteiger partial charge is 0.394 e. The third-order valence-corrected chi connectivity index (χ3v) is 4.73. The van der Waals surface area contributed by atoms with Gasteiger partial charge in [-0.25, -0.2) is 0 Å². The Balaban J connectivity index is 1.97. The smallest absolute Gasteiger partial charge is 0.0814 e. The van der Waals surface area contributed by atoms with Gasteiger partial charge in [0, 0.05) is 18.3 Å². The second kappa shape index (κ2) is 6.25. The average Bonchev–Trinajstić information content (AvgIpc) is 2.93. The SMILES string of the molecule is CCNC1(CO)CCCC1CCn1cc(Cl)c(C)n1. The first-order valence-corrected chi connectivity index (χ1v) is 7.54. The van der Waals surface area contributed by atoms with Crippen LogP contribution in [0.15, 0.2) is 6.20 Å². The Labute approximate surface area is 120 Å². The van der Waals surface area contributed by atoms with E-state index in [2.05, 4.69) is 17.3 Å². The lowest BCUT2D eigenvalue weighted by atomic mass is 9.85. The van der Waals surface area contributed by atoms with Crippen LogP contribution in [0.3, 0.4) is 0 Å². The number of aliphatic hydroxyl groups excluding tert-OH is 1. The molecule has 1 aliphatic rings. The molecule has 2 rings (SSSR count). The van der Waals surface area contributed by atoms with E-state index >= 15 is 0 Å². The molecule has 0 aliphatic heterocycles. The zero-order chi connectivity index (χ0) is 13.9. The fourth-order valence-corrected chi connectivity index (χ4v) is 3.46. The normalized spacial score (nSPS) is 27.1. The highest BCUT2D eigenvalue weighted by Crippen LogP contribution is 2.38. The molecular weight excluding hydrogens is 262 g/mol. The maximum absolute atomic E-state index is 9.76. The second-order valence-electron chi connectivity index (χ2n) is 5.55. The molecule has 2 atom stereocenters. The molecule has 1 fully saturated rings. The molecule has 0 radical (unpaired) electrons. The van der Waals surface area contributed by atoms with Crippen molar-refractivity contribution in [1.82, 2.24) is 15.1 Å². The average molecular weight is 286 g/mol. The fraction of sp³-hybridized carbons (Fsp3) is 0.786. The Morgan fingerprint density at radius 1 is 1.63 bits per heavy atom. The van der Waals surface area contributed by atoms with E-state index < -0.39 is 0 Å². The minimum Gasteiger partial charge on any atom is -0.394 e. The van der Waals surface area contributed by atoms with Crippen LogP contribution in [0.25, 0.3) is 0 Å². The summed E-state index contributed by atoms with van der Waals surface area (Å²) in [6.07, 6.45) is 6.37. The number of aliphatic hydroxyl groups is 1. The molecule has 2 N–H and O–H groups in total. The number of rotatable bonds is 6. The molecule has 0 saturated heterocycles. The van der Waals surface area contributed by atoms with Crippen molar-refractivity contribution in [3.05, 3.63) is 16.9 Å². The van der Waals surface area contributed by atoms with Gasteiger partial charge in [-0.15, -0.1) is 0 Å². The number of halogens is 1. The topological polar surface area (TPSA) is 50.1 Å². The van der Waals surface area contributed by atoms with Gasteiger partial charge in [-0.1, -0.05) is 24.9 Å². The summed E-state index contributed by atoms with van der Waals surface area (Å²) in [5.41, 5.74) is 0.800. The lowest BCUT2D eigenvalue weighted by Crippen LogP contribution is -2.51. The first kappa shape index (κ1) is 14.8. The van der Waals surface area contributed by atoms with Crippen LogP contribution in [-0.2, 0) is 6.54 Å². The molecular formula is C14H24ClN3O. The van der Waals surface area contributed by atoms with Gasteiger partial charge < -0.3 is 10.4 Å². The van der Waals surface area contributed by atoms with E-state index in [1.54, 1.807) is 0 Å². The molecule has 1 aromatic heterocycles. The Bertz CT molecular complexity index is 401. The van der Waals surface area contributed by atoms with Crippen LogP contribution in [0.2, 0.25) is 5.02 Å². The first-order valence-electron chi connectivity index (χ1n) is 7.16. The van der Waals surface area contributed by atoms with Crippen LogP contribution in [0.1, 0.15) is 38.3 Å². The van der Waals surface area contributed by atoms with Crippen molar-refractivity contribution in [3.63, 3.8) is 0 Å². The highest BCUT2D eigenvalue weighted by molar-refractivity contribution is 6.31. The highest BCUT2D eigenvalue weighted by atomic mass is 35.5. The van der Waals surface area contributed by atoms with Crippen molar-refractivity contribution < 1.29 is 5.11 Å². The molecule has 2 unspecified atom stereocenters. The molecule has 1 saturated carbocycles. The van der Waals surface area contributed by atoms with Gasteiger partial charge in [0.1, 0.15) is 0 Å². The summed E-state index contributed by atoms with van der Waals surface area (Å²) < 4.78 is 1.92. The van der Waals surface area contributed by atoms with Crippen molar-refractivity contribution in [2.75, 3.05) is 13.2 Å². The number of aryl methyl sites for hydroxylation is 2.